The Morgan fingerprint density at radius 3 is 2.72 bits per heavy atom. The summed E-state index contributed by atoms with van der Waals surface area (Å²) >= 11 is 3.63. The van der Waals surface area contributed by atoms with Crippen LogP contribution in [-0.4, -0.2) is 41.9 Å². The van der Waals surface area contributed by atoms with Gasteiger partial charge in [-0.15, -0.1) is 0 Å². The third-order valence-electron chi connectivity index (χ3n) is 2.91. The molecule has 4 nitrogen and oxygen atoms in total. The van der Waals surface area contributed by atoms with Crippen molar-refractivity contribution in [1.82, 2.24) is 20.0 Å². The van der Waals surface area contributed by atoms with Crippen LogP contribution in [0.5, 0.6) is 0 Å². The average molecular weight is 317 g/mol. The van der Waals surface area contributed by atoms with E-state index >= 15 is 0 Å². The number of hydrogen-bond acceptors (Lipinski definition) is 3. The van der Waals surface area contributed by atoms with Crippen molar-refractivity contribution in [2.24, 2.45) is 0 Å². The lowest BCUT2D eigenvalue weighted by molar-refractivity contribution is 0.352. The van der Waals surface area contributed by atoms with E-state index in [0.717, 1.165) is 36.9 Å². The van der Waals surface area contributed by atoms with Gasteiger partial charge in [0.1, 0.15) is 0 Å². The predicted octanol–water partition coefficient (Wildman–Crippen LogP) is 2.66. The van der Waals surface area contributed by atoms with Gasteiger partial charge in [-0.1, -0.05) is 13.8 Å². The standard InChI is InChI=1S/C13H25BrN4/c1-5-8-18-13(11(14)10-16-18)12(15-6-2)7-9-17(3)4/h10,12,15H,5-9H2,1-4H3. The van der Waals surface area contributed by atoms with E-state index in [2.05, 4.69) is 63.9 Å². The molecule has 5 heteroatoms. The molecule has 1 N–H and O–H groups in total. The quantitative estimate of drug-likeness (QED) is 0.800. The molecule has 104 valence electrons. The first-order valence-corrected chi connectivity index (χ1v) is 7.48. The van der Waals surface area contributed by atoms with Gasteiger partial charge in [0, 0.05) is 6.54 Å². The second kappa shape index (κ2) is 7.92. The van der Waals surface area contributed by atoms with E-state index in [1.54, 1.807) is 0 Å². The van der Waals surface area contributed by atoms with Gasteiger partial charge >= 0.3 is 0 Å². The minimum Gasteiger partial charge on any atom is -0.309 e. The maximum atomic E-state index is 4.45. The summed E-state index contributed by atoms with van der Waals surface area (Å²) in [4.78, 5) is 2.22. The predicted molar refractivity (Wildman–Crippen MR) is 79.8 cm³/mol. The van der Waals surface area contributed by atoms with Crippen LogP contribution in [0.15, 0.2) is 10.7 Å². The van der Waals surface area contributed by atoms with Gasteiger partial charge in [-0.25, -0.2) is 0 Å². The molecule has 1 aromatic rings. The lowest BCUT2D eigenvalue weighted by Crippen LogP contribution is -2.28. The van der Waals surface area contributed by atoms with Crippen molar-refractivity contribution in [3.05, 3.63) is 16.4 Å². The highest BCUT2D eigenvalue weighted by Crippen LogP contribution is 2.26. The van der Waals surface area contributed by atoms with Crippen molar-refractivity contribution < 1.29 is 0 Å². The van der Waals surface area contributed by atoms with Crippen LogP contribution in [0.3, 0.4) is 0 Å². The van der Waals surface area contributed by atoms with Crippen LogP contribution in [-0.2, 0) is 6.54 Å². The van der Waals surface area contributed by atoms with Crippen molar-refractivity contribution in [2.45, 2.75) is 39.3 Å². The molecule has 0 radical (unpaired) electrons. The smallest absolute Gasteiger partial charge is 0.0696 e. The van der Waals surface area contributed by atoms with Crippen LogP contribution in [0.4, 0.5) is 0 Å². The Kier molecular flexibility index (Phi) is 6.89. The fourth-order valence-electron chi connectivity index (χ4n) is 2.08. The number of aromatic nitrogens is 2. The first-order chi connectivity index (χ1) is 8.60. The van der Waals surface area contributed by atoms with Crippen molar-refractivity contribution >= 4 is 15.9 Å². The third kappa shape index (κ3) is 4.37. The van der Waals surface area contributed by atoms with Gasteiger partial charge in [0.25, 0.3) is 0 Å². The molecule has 0 saturated carbocycles. The molecule has 1 heterocycles. The summed E-state index contributed by atoms with van der Waals surface area (Å²) in [6.07, 6.45) is 4.10. The molecule has 0 aromatic carbocycles. The van der Waals surface area contributed by atoms with Crippen LogP contribution in [0.25, 0.3) is 0 Å². The molecule has 1 atom stereocenters. The Morgan fingerprint density at radius 2 is 2.17 bits per heavy atom. The average Bonchev–Trinajstić information content (AvgIpc) is 2.67. The highest BCUT2D eigenvalue weighted by molar-refractivity contribution is 9.10. The first kappa shape index (κ1) is 15.7. The molecule has 1 rings (SSSR count). The molecule has 0 bridgehead atoms. The van der Waals surface area contributed by atoms with Gasteiger partial charge in [-0.05, 0) is 56.0 Å². The number of aryl methyl sites for hydroxylation is 1. The summed E-state index contributed by atoms with van der Waals surface area (Å²) in [5.74, 6) is 0. The zero-order valence-corrected chi connectivity index (χ0v) is 13.5. The summed E-state index contributed by atoms with van der Waals surface area (Å²) in [6.45, 7) is 7.35. The van der Waals surface area contributed by atoms with E-state index in [1.807, 2.05) is 6.20 Å². The number of hydrogen-bond donors (Lipinski definition) is 1. The van der Waals surface area contributed by atoms with Crippen LogP contribution in [0, 0.1) is 0 Å². The lowest BCUT2D eigenvalue weighted by atomic mass is 10.1. The SMILES string of the molecule is CCCn1ncc(Br)c1C(CCN(C)C)NCC. The Labute approximate surface area is 119 Å². The summed E-state index contributed by atoms with van der Waals surface area (Å²) in [7, 11) is 4.22. The van der Waals surface area contributed by atoms with Gasteiger partial charge in [0.2, 0.25) is 0 Å². The van der Waals surface area contributed by atoms with Crippen molar-refractivity contribution in [2.75, 3.05) is 27.2 Å². The monoisotopic (exact) mass is 316 g/mol. The van der Waals surface area contributed by atoms with E-state index in [0.29, 0.717) is 6.04 Å². The highest BCUT2D eigenvalue weighted by atomic mass is 79.9. The molecule has 0 amide bonds. The molecule has 1 aromatic heterocycles. The summed E-state index contributed by atoms with van der Waals surface area (Å²) in [6, 6.07) is 0.362. The Hall–Kier alpha value is -0.390. The fraction of sp³-hybridized carbons (Fsp3) is 0.769. The van der Waals surface area contributed by atoms with Gasteiger partial charge in [0.05, 0.1) is 22.4 Å². The maximum absolute atomic E-state index is 4.45. The van der Waals surface area contributed by atoms with E-state index in [-0.39, 0.29) is 0 Å². The second-order valence-corrected chi connectivity index (χ2v) is 5.66. The van der Waals surface area contributed by atoms with Crippen molar-refractivity contribution in [3.63, 3.8) is 0 Å². The van der Waals surface area contributed by atoms with Crippen molar-refractivity contribution in [3.8, 4) is 0 Å². The summed E-state index contributed by atoms with van der Waals surface area (Å²) in [5, 5.41) is 8.01. The van der Waals surface area contributed by atoms with Crippen LogP contribution in [0.1, 0.15) is 38.4 Å². The van der Waals surface area contributed by atoms with E-state index in [4.69, 9.17) is 0 Å². The third-order valence-corrected chi connectivity index (χ3v) is 3.53. The van der Waals surface area contributed by atoms with Crippen LogP contribution in [0.2, 0.25) is 0 Å². The lowest BCUT2D eigenvalue weighted by Gasteiger charge is -2.22. The summed E-state index contributed by atoms with van der Waals surface area (Å²) in [5.41, 5.74) is 1.28. The Morgan fingerprint density at radius 1 is 1.44 bits per heavy atom. The van der Waals surface area contributed by atoms with Crippen molar-refractivity contribution in [1.29, 1.82) is 0 Å². The van der Waals surface area contributed by atoms with E-state index < -0.39 is 0 Å². The Bertz CT molecular complexity index is 349. The van der Waals surface area contributed by atoms with Crippen LogP contribution >= 0.6 is 15.9 Å². The first-order valence-electron chi connectivity index (χ1n) is 6.69. The van der Waals surface area contributed by atoms with Gasteiger partial charge < -0.3 is 10.2 Å². The normalized spacial score (nSPS) is 13.2. The van der Waals surface area contributed by atoms with E-state index in [9.17, 15) is 0 Å². The molecule has 0 aliphatic rings. The second-order valence-electron chi connectivity index (χ2n) is 4.80. The topological polar surface area (TPSA) is 33.1 Å². The van der Waals surface area contributed by atoms with Gasteiger partial charge in [-0.2, -0.15) is 5.10 Å². The molecule has 1 unspecified atom stereocenters. The van der Waals surface area contributed by atoms with Crippen LogP contribution < -0.4 is 5.32 Å². The van der Waals surface area contributed by atoms with Gasteiger partial charge in [-0.3, -0.25) is 4.68 Å². The molecule has 18 heavy (non-hydrogen) atoms. The highest BCUT2D eigenvalue weighted by Gasteiger charge is 2.19. The molecule has 0 saturated heterocycles. The largest absolute Gasteiger partial charge is 0.309 e. The summed E-state index contributed by atoms with van der Waals surface area (Å²) < 4.78 is 3.23. The number of nitrogens with one attached hydrogen (secondary N) is 1. The number of halogens is 1. The maximum Gasteiger partial charge on any atom is 0.0696 e. The van der Waals surface area contributed by atoms with E-state index in [1.165, 1.54) is 5.69 Å². The zero-order valence-electron chi connectivity index (χ0n) is 11.9. The molecule has 0 aliphatic carbocycles. The molecule has 0 aliphatic heterocycles. The van der Waals surface area contributed by atoms with Gasteiger partial charge in [0.15, 0.2) is 0 Å². The minimum atomic E-state index is 0.362. The molecule has 0 spiro atoms. The number of rotatable bonds is 8. The number of nitrogens with zero attached hydrogens (tertiary/aromatic N) is 3. The Balaban J connectivity index is 2.85. The molecule has 0 fully saturated rings. The zero-order chi connectivity index (χ0) is 13.5. The molecular formula is C13H25BrN4. The minimum absolute atomic E-state index is 0.362. The fourth-order valence-corrected chi connectivity index (χ4v) is 2.65. The molecular weight excluding hydrogens is 292 g/mol.